The summed E-state index contributed by atoms with van der Waals surface area (Å²) in [5.41, 5.74) is 3.23. The van der Waals surface area contributed by atoms with E-state index in [9.17, 15) is 4.79 Å². The molecule has 0 aliphatic carbocycles. The lowest BCUT2D eigenvalue weighted by atomic mass is 10.1. The summed E-state index contributed by atoms with van der Waals surface area (Å²) in [5.74, 6) is 0.433. The second-order valence-corrected chi connectivity index (χ2v) is 5.73. The van der Waals surface area contributed by atoms with Crippen LogP contribution in [0.15, 0.2) is 24.4 Å². The number of pyridine rings is 1. The molecule has 0 spiro atoms. The molecule has 1 aromatic heterocycles. The van der Waals surface area contributed by atoms with Crippen molar-refractivity contribution in [1.29, 1.82) is 0 Å². The van der Waals surface area contributed by atoms with Crippen molar-refractivity contribution in [2.24, 2.45) is 5.92 Å². The van der Waals surface area contributed by atoms with Crippen LogP contribution in [0.4, 0.5) is 4.79 Å². The normalized spacial score (nSPS) is 17.9. The van der Waals surface area contributed by atoms with Crippen molar-refractivity contribution in [1.82, 2.24) is 15.2 Å². The van der Waals surface area contributed by atoms with Gasteiger partial charge in [-0.2, -0.15) is 0 Å². The van der Waals surface area contributed by atoms with Crippen molar-refractivity contribution < 1.29 is 4.79 Å². The standard InChI is InChI=1S/C16H23N3O/c1-11(2)15-6-5-7-19(15)16(20)18-10-14-9-17-13(4)8-12(14)3/h5-6,8-9,11,15H,7,10H2,1-4H3,(H,18,20)/t15-/m1/s1. The number of carbonyl (C=O) groups excluding carboxylic acids is 1. The van der Waals surface area contributed by atoms with Crippen molar-refractivity contribution in [2.45, 2.75) is 40.3 Å². The van der Waals surface area contributed by atoms with E-state index in [1.54, 1.807) is 0 Å². The number of hydrogen-bond donors (Lipinski definition) is 1. The smallest absolute Gasteiger partial charge is 0.318 e. The molecule has 0 fully saturated rings. The first-order valence-electron chi connectivity index (χ1n) is 7.12. The van der Waals surface area contributed by atoms with Gasteiger partial charge in [-0.1, -0.05) is 26.0 Å². The minimum atomic E-state index is -0.00586. The van der Waals surface area contributed by atoms with E-state index in [-0.39, 0.29) is 12.1 Å². The Hall–Kier alpha value is -1.84. The number of nitrogens with one attached hydrogen (secondary N) is 1. The molecule has 20 heavy (non-hydrogen) atoms. The summed E-state index contributed by atoms with van der Waals surface area (Å²) in [7, 11) is 0. The predicted molar refractivity (Wildman–Crippen MR) is 80.4 cm³/mol. The van der Waals surface area contributed by atoms with Gasteiger partial charge < -0.3 is 10.2 Å². The van der Waals surface area contributed by atoms with Crippen molar-refractivity contribution in [3.63, 3.8) is 0 Å². The predicted octanol–water partition coefficient (Wildman–Crippen LogP) is 2.80. The fraction of sp³-hybridized carbons (Fsp3) is 0.500. The average Bonchev–Trinajstić information content (AvgIpc) is 2.86. The van der Waals surface area contributed by atoms with E-state index in [0.29, 0.717) is 19.0 Å². The lowest BCUT2D eigenvalue weighted by Crippen LogP contribution is -2.44. The third-order valence-corrected chi connectivity index (χ3v) is 3.73. The zero-order valence-corrected chi connectivity index (χ0v) is 12.7. The number of carbonyl (C=O) groups is 1. The third kappa shape index (κ3) is 3.18. The Kier molecular flexibility index (Phi) is 4.42. The molecule has 0 saturated carbocycles. The van der Waals surface area contributed by atoms with E-state index in [1.165, 1.54) is 0 Å². The Morgan fingerprint density at radius 1 is 1.50 bits per heavy atom. The molecule has 1 aliphatic heterocycles. The third-order valence-electron chi connectivity index (χ3n) is 3.73. The molecule has 0 aromatic carbocycles. The molecule has 2 heterocycles. The lowest BCUT2D eigenvalue weighted by molar-refractivity contribution is 0.185. The van der Waals surface area contributed by atoms with Gasteiger partial charge in [-0.3, -0.25) is 4.98 Å². The van der Waals surface area contributed by atoms with Gasteiger partial charge in [-0.15, -0.1) is 0 Å². The van der Waals surface area contributed by atoms with Crippen molar-refractivity contribution in [2.75, 3.05) is 6.54 Å². The second-order valence-electron chi connectivity index (χ2n) is 5.73. The Bertz CT molecular complexity index is 522. The van der Waals surface area contributed by atoms with Crippen molar-refractivity contribution >= 4 is 6.03 Å². The van der Waals surface area contributed by atoms with E-state index in [2.05, 4.69) is 36.3 Å². The fourth-order valence-corrected chi connectivity index (χ4v) is 2.52. The Morgan fingerprint density at radius 3 is 2.90 bits per heavy atom. The Labute approximate surface area is 120 Å². The second kappa shape index (κ2) is 6.07. The van der Waals surface area contributed by atoms with Gasteiger partial charge in [-0.05, 0) is 37.0 Å². The van der Waals surface area contributed by atoms with Gasteiger partial charge in [0, 0.05) is 25.0 Å². The zero-order chi connectivity index (χ0) is 14.7. The largest absolute Gasteiger partial charge is 0.334 e. The topological polar surface area (TPSA) is 45.2 Å². The van der Waals surface area contributed by atoms with Crippen molar-refractivity contribution in [3.05, 3.63) is 41.2 Å². The number of amides is 2. The fourth-order valence-electron chi connectivity index (χ4n) is 2.52. The Balaban J connectivity index is 1.95. The van der Waals surface area contributed by atoms with Gasteiger partial charge in [0.1, 0.15) is 0 Å². The van der Waals surface area contributed by atoms with Crippen LogP contribution in [-0.4, -0.2) is 28.5 Å². The zero-order valence-electron chi connectivity index (χ0n) is 12.7. The molecule has 1 atom stereocenters. The summed E-state index contributed by atoms with van der Waals surface area (Å²) in [5, 5.41) is 2.99. The molecule has 1 aliphatic rings. The van der Waals surface area contributed by atoms with E-state index >= 15 is 0 Å². The highest BCUT2D eigenvalue weighted by molar-refractivity contribution is 5.75. The molecule has 1 N–H and O–H groups in total. The Morgan fingerprint density at radius 2 is 2.25 bits per heavy atom. The van der Waals surface area contributed by atoms with Crippen LogP contribution in [0.1, 0.15) is 30.7 Å². The summed E-state index contributed by atoms with van der Waals surface area (Å²) in [4.78, 5) is 18.4. The van der Waals surface area contributed by atoms with Gasteiger partial charge >= 0.3 is 6.03 Å². The highest BCUT2D eigenvalue weighted by Crippen LogP contribution is 2.18. The molecule has 0 saturated heterocycles. The summed E-state index contributed by atoms with van der Waals surface area (Å²) in [6.07, 6.45) is 6.01. The van der Waals surface area contributed by atoms with Crippen LogP contribution in [0.3, 0.4) is 0 Å². The van der Waals surface area contributed by atoms with Crippen molar-refractivity contribution in [3.8, 4) is 0 Å². The molecule has 2 amide bonds. The van der Waals surface area contributed by atoms with Gasteiger partial charge in [-0.25, -0.2) is 4.79 Å². The number of nitrogens with zero attached hydrogens (tertiary/aromatic N) is 2. The maximum Gasteiger partial charge on any atom is 0.318 e. The number of aryl methyl sites for hydroxylation is 2. The van der Waals surface area contributed by atoms with Crippen LogP contribution < -0.4 is 5.32 Å². The maximum absolute atomic E-state index is 12.3. The maximum atomic E-state index is 12.3. The van der Waals surface area contributed by atoms with Crippen LogP contribution in [-0.2, 0) is 6.54 Å². The number of urea groups is 1. The molecule has 2 rings (SSSR count). The molecule has 0 unspecified atom stereocenters. The average molecular weight is 273 g/mol. The van der Waals surface area contributed by atoms with E-state index in [4.69, 9.17) is 0 Å². The lowest BCUT2D eigenvalue weighted by Gasteiger charge is -2.27. The SMILES string of the molecule is Cc1cc(C)c(CNC(=O)N2CC=C[C@@H]2C(C)C)cn1. The van der Waals surface area contributed by atoms with Crippen LogP contribution in [0.25, 0.3) is 0 Å². The first kappa shape index (κ1) is 14.6. The van der Waals surface area contributed by atoms with Gasteiger partial charge in [0.2, 0.25) is 0 Å². The molecule has 108 valence electrons. The van der Waals surface area contributed by atoms with Gasteiger partial charge in [0.15, 0.2) is 0 Å². The number of aromatic nitrogens is 1. The first-order chi connectivity index (χ1) is 9.49. The molecule has 4 heteroatoms. The van der Waals surface area contributed by atoms with Crippen LogP contribution in [0, 0.1) is 19.8 Å². The monoisotopic (exact) mass is 273 g/mol. The summed E-state index contributed by atoms with van der Waals surface area (Å²) < 4.78 is 0. The van der Waals surface area contributed by atoms with Crippen LogP contribution >= 0.6 is 0 Å². The molecule has 4 nitrogen and oxygen atoms in total. The van der Waals surface area contributed by atoms with Crippen LogP contribution in [0.2, 0.25) is 0 Å². The number of rotatable bonds is 3. The highest BCUT2D eigenvalue weighted by atomic mass is 16.2. The molecular weight excluding hydrogens is 250 g/mol. The van der Waals surface area contributed by atoms with E-state index in [1.807, 2.05) is 31.0 Å². The summed E-state index contributed by atoms with van der Waals surface area (Å²) in [6.45, 7) is 9.51. The summed E-state index contributed by atoms with van der Waals surface area (Å²) >= 11 is 0. The quantitative estimate of drug-likeness (QED) is 0.861. The minimum Gasteiger partial charge on any atom is -0.334 e. The molecular formula is C16H23N3O. The molecule has 0 radical (unpaired) electrons. The molecule has 0 bridgehead atoms. The molecule has 1 aromatic rings. The minimum absolute atomic E-state index is 0.00586. The van der Waals surface area contributed by atoms with Gasteiger partial charge in [0.25, 0.3) is 0 Å². The highest BCUT2D eigenvalue weighted by Gasteiger charge is 2.26. The first-order valence-corrected chi connectivity index (χ1v) is 7.12. The number of hydrogen-bond acceptors (Lipinski definition) is 2. The van der Waals surface area contributed by atoms with E-state index < -0.39 is 0 Å². The van der Waals surface area contributed by atoms with E-state index in [0.717, 1.165) is 16.8 Å². The van der Waals surface area contributed by atoms with Crippen LogP contribution in [0.5, 0.6) is 0 Å². The van der Waals surface area contributed by atoms with Gasteiger partial charge in [0.05, 0.1) is 6.04 Å². The summed E-state index contributed by atoms with van der Waals surface area (Å²) in [6, 6.07) is 2.23.